The number of benzene rings is 1. The molecule has 0 spiro atoms. The summed E-state index contributed by atoms with van der Waals surface area (Å²) in [5.41, 5.74) is 0.531. The van der Waals surface area contributed by atoms with Gasteiger partial charge in [-0.25, -0.2) is 0 Å². The van der Waals surface area contributed by atoms with E-state index < -0.39 is 11.9 Å². The van der Waals surface area contributed by atoms with Gasteiger partial charge in [-0.2, -0.15) is 0 Å². The van der Waals surface area contributed by atoms with Crippen LogP contribution in [-0.4, -0.2) is 23.0 Å². The Kier molecular flexibility index (Phi) is 4.10. The van der Waals surface area contributed by atoms with E-state index in [1.807, 2.05) is 6.07 Å². The van der Waals surface area contributed by atoms with Gasteiger partial charge in [0.2, 0.25) is 0 Å². The first-order valence-electron chi connectivity index (χ1n) is 6.95. The third-order valence-corrected chi connectivity index (χ3v) is 5.54. The lowest BCUT2D eigenvalue weighted by Gasteiger charge is -2.28. The Balaban J connectivity index is 1.79. The van der Waals surface area contributed by atoms with E-state index in [0.29, 0.717) is 11.5 Å². The summed E-state index contributed by atoms with van der Waals surface area (Å²) in [6.07, 6.45) is 2.90. The van der Waals surface area contributed by atoms with Gasteiger partial charge in [-0.15, -0.1) is 0 Å². The number of rotatable bonds is 3. The van der Waals surface area contributed by atoms with Gasteiger partial charge in [-0.1, -0.05) is 31.9 Å². The fourth-order valence-corrected chi connectivity index (χ4v) is 5.07. The molecule has 1 amide bonds. The summed E-state index contributed by atoms with van der Waals surface area (Å²) in [6, 6.07) is 5.09. The first kappa shape index (κ1) is 15.0. The molecule has 2 saturated carbocycles. The molecule has 2 aliphatic carbocycles. The van der Waals surface area contributed by atoms with Crippen LogP contribution in [0.15, 0.2) is 27.1 Å². The number of carboxylic acid groups (broad SMARTS) is 1. The number of halogens is 2. The minimum absolute atomic E-state index is 0.208. The van der Waals surface area contributed by atoms with E-state index in [2.05, 4.69) is 37.2 Å². The van der Waals surface area contributed by atoms with Crippen LogP contribution in [0.4, 0.5) is 0 Å². The van der Waals surface area contributed by atoms with Crippen molar-refractivity contribution in [1.29, 1.82) is 0 Å². The third kappa shape index (κ3) is 2.88. The van der Waals surface area contributed by atoms with E-state index in [-0.39, 0.29) is 17.9 Å². The lowest BCUT2D eigenvalue weighted by atomic mass is 9.84. The molecule has 3 rings (SSSR count). The summed E-state index contributed by atoms with van der Waals surface area (Å²) in [5, 5.41) is 12.4. The van der Waals surface area contributed by atoms with Crippen molar-refractivity contribution in [2.75, 3.05) is 0 Å². The van der Waals surface area contributed by atoms with E-state index in [4.69, 9.17) is 0 Å². The number of nitrogens with one attached hydrogen (secondary N) is 1. The Bertz CT molecular complexity index is 584. The van der Waals surface area contributed by atoms with Gasteiger partial charge in [0, 0.05) is 20.6 Å². The number of hydrogen-bond donors (Lipinski definition) is 2. The minimum atomic E-state index is -0.789. The first-order chi connectivity index (χ1) is 9.95. The molecule has 4 atom stereocenters. The first-order valence-corrected chi connectivity index (χ1v) is 8.54. The summed E-state index contributed by atoms with van der Waals surface area (Å²) < 4.78 is 1.62. The van der Waals surface area contributed by atoms with Crippen LogP contribution in [-0.2, 0) is 4.79 Å². The van der Waals surface area contributed by atoms with Crippen LogP contribution >= 0.6 is 31.9 Å². The second-order valence-corrected chi connectivity index (χ2v) is 7.69. The molecule has 6 heteroatoms. The maximum Gasteiger partial charge on any atom is 0.308 e. The zero-order valence-electron chi connectivity index (χ0n) is 11.2. The van der Waals surface area contributed by atoms with Crippen LogP contribution in [0.3, 0.4) is 0 Å². The molecule has 2 aliphatic rings. The molecule has 4 unspecified atom stereocenters. The fraction of sp³-hybridized carbons (Fsp3) is 0.467. The lowest BCUT2D eigenvalue weighted by molar-refractivity contribution is -0.144. The second-order valence-electron chi connectivity index (χ2n) is 5.85. The quantitative estimate of drug-likeness (QED) is 0.792. The predicted octanol–water partition coefficient (Wildman–Crippen LogP) is 3.44. The molecule has 0 aliphatic heterocycles. The average molecular weight is 417 g/mol. The number of fused-ring (bicyclic) bond motifs is 2. The van der Waals surface area contributed by atoms with Crippen molar-refractivity contribution in [1.82, 2.24) is 5.32 Å². The van der Waals surface area contributed by atoms with Crippen LogP contribution in [0.1, 0.15) is 29.6 Å². The molecule has 0 saturated heterocycles. The molecule has 0 aromatic heterocycles. The van der Waals surface area contributed by atoms with Crippen molar-refractivity contribution in [3.05, 3.63) is 32.7 Å². The average Bonchev–Trinajstić information content (AvgIpc) is 2.97. The minimum Gasteiger partial charge on any atom is -0.481 e. The molecular formula is C15H15Br2NO3. The van der Waals surface area contributed by atoms with E-state index in [1.54, 1.807) is 12.1 Å². The summed E-state index contributed by atoms with van der Waals surface area (Å²) in [6.45, 7) is 0. The molecule has 1 aromatic carbocycles. The van der Waals surface area contributed by atoms with Crippen molar-refractivity contribution in [3.8, 4) is 0 Å². The maximum atomic E-state index is 12.4. The highest BCUT2D eigenvalue weighted by Crippen LogP contribution is 2.48. The van der Waals surface area contributed by atoms with Crippen LogP contribution in [0.25, 0.3) is 0 Å². The number of hydrogen-bond acceptors (Lipinski definition) is 2. The van der Waals surface area contributed by atoms with Crippen molar-refractivity contribution in [3.63, 3.8) is 0 Å². The highest BCUT2D eigenvalue weighted by Gasteiger charge is 2.51. The van der Waals surface area contributed by atoms with Gasteiger partial charge in [0.05, 0.1) is 5.92 Å². The molecule has 2 fully saturated rings. The van der Waals surface area contributed by atoms with E-state index in [1.165, 1.54) is 0 Å². The summed E-state index contributed by atoms with van der Waals surface area (Å²) in [5.74, 6) is -0.922. The molecule has 112 valence electrons. The van der Waals surface area contributed by atoms with Gasteiger partial charge in [-0.3, -0.25) is 9.59 Å². The van der Waals surface area contributed by atoms with Crippen molar-refractivity contribution < 1.29 is 14.7 Å². The molecular weight excluding hydrogens is 402 g/mol. The summed E-state index contributed by atoms with van der Waals surface area (Å²) in [4.78, 5) is 23.9. The van der Waals surface area contributed by atoms with Gasteiger partial charge < -0.3 is 10.4 Å². The standard InChI is InChI=1S/C15H15Br2NO3/c16-10-4-9(5-11(17)6-10)14(19)18-13-8-2-1-7(3-8)12(13)15(20)21/h4-8,12-13H,1-3H2,(H,18,19)(H,20,21). The van der Waals surface area contributed by atoms with Crippen LogP contribution < -0.4 is 5.32 Å². The van der Waals surface area contributed by atoms with Crippen LogP contribution in [0.5, 0.6) is 0 Å². The highest BCUT2D eigenvalue weighted by atomic mass is 79.9. The molecule has 0 radical (unpaired) electrons. The zero-order valence-corrected chi connectivity index (χ0v) is 14.4. The number of carboxylic acids is 1. The van der Waals surface area contributed by atoms with Gasteiger partial charge >= 0.3 is 5.97 Å². The SMILES string of the molecule is O=C(NC1C2CCC(C2)C1C(=O)O)c1cc(Br)cc(Br)c1. The van der Waals surface area contributed by atoms with Crippen LogP contribution in [0, 0.1) is 17.8 Å². The van der Waals surface area contributed by atoms with Crippen molar-refractivity contribution in [2.45, 2.75) is 25.3 Å². The topological polar surface area (TPSA) is 66.4 Å². The van der Waals surface area contributed by atoms with E-state index in [0.717, 1.165) is 28.2 Å². The second kappa shape index (κ2) is 5.72. The number of carbonyl (C=O) groups is 2. The number of amides is 1. The normalized spacial score (nSPS) is 30.4. The molecule has 1 aromatic rings. The lowest BCUT2D eigenvalue weighted by Crippen LogP contribution is -2.46. The number of carbonyl (C=O) groups excluding carboxylic acids is 1. The molecule has 2 N–H and O–H groups in total. The molecule has 4 nitrogen and oxygen atoms in total. The highest BCUT2D eigenvalue weighted by molar-refractivity contribution is 9.11. The van der Waals surface area contributed by atoms with Gasteiger partial charge in [0.1, 0.15) is 0 Å². The molecule has 0 heterocycles. The van der Waals surface area contributed by atoms with Gasteiger partial charge in [0.15, 0.2) is 0 Å². The van der Waals surface area contributed by atoms with Gasteiger partial charge in [0.25, 0.3) is 5.91 Å². The predicted molar refractivity (Wildman–Crippen MR) is 85.1 cm³/mol. The van der Waals surface area contributed by atoms with E-state index >= 15 is 0 Å². The third-order valence-electron chi connectivity index (χ3n) is 4.62. The monoisotopic (exact) mass is 415 g/mol. The Labute approximate surface area is 139 Å². The Morgan fingerprint density at radius 1 is 1.10 bits per heavy atom. The maximum absolute atomic E-state index is 12.4. The fourth-order valence-electron chi connectivity index (χ4n) is 3.77. The van der Waals surface area contributed by atoms with Crippen LogP contribution in [0.2, 0.25) is 0 Å². The smallest absolute Gasteiger partial charge is 0.308 e. The summed E-state index contributed by atoms with van der Waals surface area (Å²) >= 11 is 6.72. The molecule has 21 heavy (non-hydrogen) atoms. The van der Waals surface area contributed by atoms with E-state index in [9.17, 15) is 14.7 Å². The summed E-state index contributed by atoms with van der Waals surface area (Å²) in [7, 11) is 0. The van der Waals surface area contributed by atoms with Crippen molar-refractivity contribution >= 4 is 43.7 Å². The molecule has 2 bridgehead atoms. The Morgan fingerprint density at radius 3 is 2.33 bits per heavy atom. The Hall–Kier alpha value is -0.880. The number of aliphatic carboxylic acids is 1. The van der Waals surface area contributed by atoms with Gasteiger partial charge in [-0.05, 0) is 49.3 Å². The van der Waals surface area contributed by atoms with Crippen molar-refractivity contribution in [2.24, 2.45) is 17.8 Å². The largest absolute Gasteiger partial charge is 0.481 e. The Morgan fingerprint density at radius 2 is 1.71 bits per heavy atom. The zero-order chi connectivity index (χ0) is 15.1.